The minimum Gasteiger partial charge on any atom is -0.503 e. The number of hydrogen-bond acceptors (Lipinski definition) is 6. The molecule has 1 unspecified atom stereocenters. The lowest BCUT2D eigenvalue weighted by molar-refractivity contribution is -0.117. The number of hydrogen-bond donors (Lipinski definition) is 1. The highest BCUT2D eigenvalue weighted by Gasteiger charge is 2.45. The van der Waals surface area contributed by atoms with Crippen LogP contribution in [0.25, 0.3) is 11.0 Å². The van der Waals surface area contributed by atoms with Crippen LogP contribution in [0.1, 0.15) is 22.2 Å². The van der Waals surface area contributed by atoms with Crippen molar-refractivity contribution in [2.45, 2.75) is 6.04 Å². The fourth-order valence-corrected chi connectivity index (χ4v) is 4.74. The molecule has 5 rings (SSSR count). The molecule has 0 radical (unpaired) electrons. The summed E-state index contributed by atoms with van der Waals surface area (Å²) in [5.74, 6) is -2.42. The van der Waals surface area contributed by atoms with Crippen LogP contribution in [0.4, 0.5) is 10.1 Å². The normalized spacial score (nSPS) is 15.5. The predicted molar refractivity (Wildman–Crippen MR) is 136 cm³/mol. The van der Waals surface area contributed by atoms with Gasteiger partial charge in [-0.1, -0.05) is 35.3 Å². The fourth-order valence-electron chi connectivity index (χ4n) is 4.35. The lowest BCUT2D eigenvalue weighted by atomic mass is 9.94. The molecule has 1 N–H and O–H groups in total. The van der Waals surface area contributed by atoms with Gasteiger partial charge in [-0.2, -0.15) is 0 Å². The van der Waals surface area contributed by atoms with Crippen LogP contribution >= 0.6 is 23.2 Å². The monoisotopic (exact) mass is 541 g/mol. The van der Waals surface area contributed by atoms with Gasteiger partial charge in [0.05, 0.1) is 30.9 Å². The molecule has 1 aliphatic rings. The Hall–Kier alpha value is -4.01. The first-order valence-corrected chi connectivity index (χ1v) is 11.7. The molecule has 1 amide bonds. The number of aliphatic hydroxyl groups is 1. The number of amides is 1. The van der Waals surface area contributed by atoms with Crippen LogP contribution in [0, 0.1) is 5.82 Å². The summed E-state index contributed by atoms with van der Waals surface area (Å²) in [6.45, 7) is 0. The van der Waals surface area contributed by atoms with Gasteiger partial charge in [0.15, 0.2) is 22.9 Å². The maximum Gasteiger partial charge on any atom is 0.294 e. The topological polar surface area (TPSA) is 89.2 Å². The summed E-state index contributed by atoms with van der Waals surface area (Å²) in [4.78, 5) is 28.3. The molecule has 10 heteroatoms. The maximum absolute atomic E-state index is 13.9. The summed E-state index contributed by atoms with van der Waals surface area (Å²) in [5, 5.41) is 11.6. The summed E-state index contributed by atoms with van der Waals surface area (Å²) in [6.07, 6.45) is 0. The molecule has 0 spiro atoms. The van der Waals surface area contributed by atoms with Gasteiger partial charge in [0, 0.05) is 22.2 Å². The van der Waals surface area contributed by atoms with Gasteiger partial charge in [-0.05, 0) is 48.0 Å². The number of Topliss-reactive ketones (excluding diaryl/α,β-unsaturated/α-hetero) is 1. The summed E-state index contributed by atoms with van der Waals surface area (Å²) in [7, 11) is 2.91. The summed E-state index contributed by atoms with van der Waals surface area (Å²) in [5.41, 5.74) is 0.677. The van der Waals surface area contributed by atoms with Gasteiger partial charge in [0.25, 0.3) is 5.91 Å². The van der Waals surface area contributed by atoms with E-state index in [1.54, 1.807) is 30.3 Å². The van der Waals surface area contributed by atoms with E-state index in [1.165, 1.54) is 43.4 Å². The molecule has 1 atom stereocenters. The van der Waals surface area contributed by atoms with Crippen LogP contribution in [0.15, 0.2) is 76.4 Å². The second-order valence-corrected chi connectivity index (χ2v) is 9.02. The third kappa shape index (κ3) is 4.18. The fraction of sp³-hybridized carbons (Fsp3) is 0.111. The second-order valence-electron chi connectivity index (χ2n) is 8.18. The zero-order chi connectivity index (χ0) is 26.4. The zero-order valence-corrected chi connectivity index (χ0v) is 20.9. The van der Waals surface area contributed by atoms with Crippen molar-refractivity contribution in [3.63, 3.8) is 0 Å². The largest absolute Gasteiger partial charge is 0.503 e. The van der Waals surface area contributed by atoms with Crippen molar-refractivity contribution in [2.75, 3.05) is 19.1 Å². The number of fused-ring (bicyclic) bond motifs is 1. The average Bonchev–Trinajstić information content (AvgIpc) is 3.43. The average molecular weight is 542 g/mol. The van der Waals surface area contributed by atoms with Crippen LogP contribution in [0.5, 0.6) is 11.5 Å². The molecular formula is C27H18Cl2FNO6. The summed E-state index contributed by atoms with van der Waals surface area (Å²) in [6, 6.07) is 13.8. The number of ether oxygens (including phenoxy) is 2. The molecule has 2 heterocycles. The highest BCUT2D eigenvalue weighted by molar-refractivity contribution is 6.32. The Morgan fingerprint density at radius 2 is 1.84 bits per heavy atom. The van der Waals surface area contributed by atoms with Gasteiger partial charge in [-0.15, -0.1) is 0 Å². The molecule has 1 aliphatic heterocycles. The number of methoxy groups -OCH3 is 2. The van der Waals surface area contributed by atoms with Crippen molar-refractivity contribution in [1.29, 1.82) is 0 Å². The van der Waals surface area contributed by atoms with E-state index in [0.717, 1.165) is 6.07 Å². The summed E-state index contributed by atoms with van der Waals surface area (Å²) >= 11 is 12.1. The first-order valence-electron chi connectivity index (χ1n) is 10.9. The van der Waals surface area contributed by atoms with Crippen molar-refractivity contribution < 1.29 is 33.0 Å². The van der Waals surface area contributed by atoms with E-state index in [1.807, 2.05) is 0 Å². The lowest BCUT2D eigenvalue weighted by Gasteiger charge is -2.27. The quantitative estimate of drug-likeness (QED) is 0.274. The predicted octanol–water partition coefficient (Wildman–Crippen LogP) is 6.68. The Kier molecular flexibility index (Phi) is 6.31. The molecule has 0 saturated heterocycles. The zero-order valence-electron chi connectivity index (χ0n) is 19.4. The van der Waals surface area contributed by atoms with Crippen molar-refractivity contribution in [3.8, 4) is 11.5 Å². The Morgan fingerprint density at radius 3 is 2.54 bits per heavy atom. The van der Waals surface area contributed by atoms with Crippen molar-refractivity contribution in [3.05, 3.63) is 99.2 Å². The van der Waals surface area contributed by atoms with Crippen molar-refractivity contribution in [1.82, 2.24) is 0 Å². The number of furan rings is 1. The van der Waals surface area contributed by atoms with Crippen molar-refractivity contribution in [2.24, 2.45) is 0 Å². The van der Waals surface area contributed by atoms with E-state index >= 15 is 0 Å². The molecule has 37 heavy (non-hydrogen) atoms. The molecule has 4 aromatic rings. The van der Waals surface area contributed by atoms with Gasteiger partial charge in [-0.25, -0.2) is 4.39 Å². The highest BCUT2D eigenvalue weighted by atomic mass is 35.5. The number of carbonyl (C=O) groups is 2. The minimum atomic E-state index is -1.10. The molecular weight excluding hydrogens is 524 g/mol. The number of halogens is 3. The SMILES string of the molecule is COc1cccc(C2C(C(=O)c3cc4cc(Cl)cc(OC)c4o3)=C(O)C(=O)N2c2ccc(F)c(Cl)c2)c1. The van der Waals surface area contributed by atoms with Gasteiger partial charge >= 0.3 is 0 Å². The molecule has 188 valence electrons. The van der Waals surface area contributed by atoms with Crippen LogP contribution in [0.2, 0.25) is 10.0 Å². The summed E-state index contributed by atoms with van der Waals surface area (Å²) < 4.78 is 30.3. The van der Waals surface area contributed by atoms with E-state index in [9.17, 15) is 19.1 Å². The number of anilines is 1. The van der Waals surface area contributed by atoms with E-state index in [0.29, 0.717) is 27.5 Å². The minimum absolute atomic E-state index is 0.142. The Balaban J connectivity index is 1.68. The third-order valence-corrected chi connectivity index (χ3v) is 6.54. The Morgan fingerprint density at radius 1 is 1.05 bits per heavy atom. The van der Waals surface area contributed by atoms with Crippen LogP contribution in [0.3, 0.4) is 0 Å². The Labute approximate surface area is 220 Å². The molecule has 3 aromatic carbocycles. The van der Waals surface area contributed by atoms with Crippen molar-refractivity contribution >= 4 is 51.5 Å². The van der Waals surface area contributed by atoms with Gasteiger partial charge < -0.3 is 19.0 Å². The number of ketones is 1. The maximum atomic E-state index is 13.9. The third-order valence-electron chi connectivity index (χ3n) is 6.03. The Bertz CT molecular complexity index is 1610. The lowest BCUT2D eigenvalue weighted by Crippen LogP contribution is -2.31. The molecule has 0 saturated carbocycles. The molecule has 0 fully saturated rings. The molecule has 1 aromatic heterocycles. The van der Waals surface area contributed by atoms with Crippen LogP contribution in [-0.4, -0.2) is 31.0 Å². The van der Waals surface area contributed by atoms with E-state index < -0.39 is 29.3 Å². The molecule has 0 bridgehead atoms. The number of rotatable bonds is 6. The van der Waals surface area contributed by atoms with Crippen LogP contribution < -0.4 is 14.4 Å². The molecule has 0 aliphatic carbocycles. The standard InChI is InChI=1S/C27H18Cl2FNO6/c1-35-17-5-3-4-13(9-17)23-22(25(33)27(34)31(23)16-6-7-19(30)18(29)12-16)24(32)20-10-14-8-15(28)11-21(36-2)26(14)37-20/h3-12,23,33H,1-2H3. The second kappa shape index (κ2) is 9.46. The number of aliphatic hydroxyl groups excluding tert-OH is 1. The van der Waals surface area contributed by atoms with Gasteiger partial charge in [0.2, 0.25) is 5.78 Å². The highest BCUT2D eigenvalue weighted by Crippen LogP contribution is 2.44. The van der Waals surface area contributed by atoms with E-state index in [4.69, 9.17) is 37.1 Å². The van der Waals surface area contributed by atoms with E-state index in [-0.39, 0.29) is 27.6 Å². The number of nitrogens with zero attached hydrogens (tertiary/aromatic N) is 1. The first kappa shape index (κ1) is 24.7. The van der Waals surface area contributed by atoms with Gasteiger partial charge in [-0.3, -0.25) is 14.5 Å². The van der Waals surface area contributed by atoms with Gasteiger partial charge in [0.1, 0.15) is 11.6 Å². The smallest absolute Gasteiger partial charge is 0.294 e. The first-order chi connectivity index (χ1) is 17.7. The number of benzene rings is 3. The van der Waals surface area contributed by atoms with E-state index in [2.05, 4.69) is 0 Å². The molecule has 7 nitrogen and oxygen atoms in total. The van der Waals surface area contributed by atoms with Crippen LogP contribution in [-0.2, 0) is 4.79 Å². The number of carbonyl (C=O) groups excluding carboxylic acids is 2.